The van der Waals surface area contributed by atoms with Gasteiger partial charge in [-0.1, -0.05) is 30.7 Å². The van der Waals surface area contributed by atoms with Crippen molar-refractivity contribution in [3.63, 3.8) is 0 Å². The van der Waals surface area contributed by atoms with Gasteiger partial charge in [-0.2, -0.15) is 5.10 Å². The van der Waals surface area contributed by atoms with Crippen LogP contribution in [-0.2, 0) is 9.59 Å². The van der Waals surface area contributed by atoms with Crippen LogP contribution in [0, 0.1) is 13.8 Å². The molecule has 0 spiro atoms. The van der Waals surface area contributed by atoms with E-state index in [1.165, 1.54) is 6.21 Å². The predicted octanol–water partition coefficient (Wildman–Crippen LogP) is 3.68. The monoisotopic (exact) mass is 386 g/mol. The zero-order valence-corrected chi connectivity index (χ0v) is 16.4. The molecule has 2 amide bonds. The van der Waals surface area contributed by atoms with E-state index in [-0.39, 0.29) is 0 Å². The highest BCUT2D eigenvalue weighted by Crippen LogP contribution is 2.26. The fourth-order valence-corrected chi connectivity index (χ4v) is 2.48. The summed E-state index contributed by atoms with van der Waals surface area (Å²) in [5, 5.41) is 10.2. The fourth-order valence-electron chi connectivity index (χ4n) is 2.30. The van der Waals surface area contributed by atoms with Crippen LogP contribution in [0.5, 0.6) is 0 Å². The van der Waals surface area contributed by atoms with Gasteiger partial charge >= 0.3 is 11.8 Å². The van der Waals surface area contributed by atoms with Crippen LogP contribution >= 0.6 is 11.6 Å². The number of carbonyl (C=O) groups excluding carboxylic acids is 2. The van der Waals surface area contributed by atoms with Crippen molar-refractivity contribution >= 4 is 41.0 Å². The third-order valence-corrected chi connectivity index (χ3v) is 4.02. The van der Waals surface area contributed by atoms with Crippen molar-refractivity contribution in [1.29, 1.82) is 0 Å². The molecule has 0 fully saturated rings. The molecular weight excluding hydrogens is 364 g/mol. The van der Waals surface area contributed by atoms with Gasteiger partial charge in [-0.3, -0.25) is 9.59 Å². The third-order valence-electron chi connectivity index (χ3n) is 3.79. The van der Waals surface area contributed by atoms with Crippen LogP contribution in [0.3, 0.4) is 0 Å². The molecule has 0 heterocycles. The number of hydrogen-bond acceptors (Lipinski definition) is 4. The molecule has 0 saturated carbocycles. The van der Waals surface area contributed by atoms with Gasteiger partial charge in [-0.15, -0.1) is 0 Å². The molecule has 0 aliphatic heterocycles. The summed E-state index contributed by atoms with van der Waals surface area (Å²) in [5.74, 6) is -1.53. The Kier molecular flexibility index (Phi) is 7.37. The molecule has 142 valence electrons. The summed E-state index contributed by atoms with van der Waals surface area (Å²) in [5.41, 5.74) is 6.88. The minimum atomic E-state index is -0.814. The van der Waals surface area contributed by atoms with Crippen molar-refractivity contribution in [1.82, 2.24) is 10.7 Å². The average molecular weight is 387 g/mol. The second-order valence-electron chi connectivity index (χ2n) is 6.13. The van der Waals surface area contributed by atoms with Crippen LogP contribution in [0.25, 0.3) is 0 Å². The minimum absolute atomic E-state index is 0.439. The standard InChI is InChI=1S/C20H23ClN4O2/c1-4-9-22-19(26)20(27)25-23-12-15-11-16(21)7-8-17(15)24-18-10-13(2)5-6-14(18)3/h5-8,10-12,24H,4,9H2,1-3H3,(H,22,26)(H,25,27)/b23-12-. The quantitative estimate of drug-likeness (QED) is 0.402. The van der Waals surface area contributed by atoms with E-state index in [0.717, 1.165) is 28.9 Å². The number of hydrogen-bond donors (Lipinski definition) is 3. The summed E-state index contributed by atoms with van der Waals surface area (Å²) in [6.45, 7) is 6.38. The summed E-state index contributed by atoms with van der Waals surface area (Å²) in [6.07, 6.45) is 2.20. The lowest BCUT2D eigenvalue weighted by molar-refractivity contribution is -0.139. The molecule has 0 atom stereocenters. The van der Waals surface area contributed by atoms with Gasteiger partial charge in [0.15, 0.2) is 0 Å². The van der Waals surface area contributed by atoms with Crippen LogP contribution < -0.4 is 16.1 Å². The number of benzene rings is 2. The number of carbonyl (C=O) groups is 2. The van der Waals surface area contributed by atoms with E-state index < -0.39 is 11.8 Å². The largest absolute Gasteiger partial charge is 0.355 e. The Hall–Kier alpha value is -2.86. The van der Waals surface area contributed by atoms with Gasteiger partial charge in [0.25, 0.3) is 0 Å². The normalized spacial score (nSPS) is 10.7. The Labute approximate surface area is 164 Å². The smallest absolute Gasteiger partial charge is 0.329 e. The molecule has 0 saturated heterocycles. The van der Waals surface area contributed by atoms with E-state index in [1.54, 1.807) is 12.1 Å². The zero-order chi connectivity index (χ0) is 19.8. The molecular formula is C20H23ClN4O2. The number of anilines is 2. The summed E-state index contributed by atoms with van der Waals surface area (Å²) < 4.78 is 0. The molecule has 0 unspecified atom stereocenters. The Balaban J connectivity index is 2.14. The van der Waals surface area contributed by atoms with Gasteiger partial charge in [-0.05, 0) is 55.7 Å². The first kappa shape index (κ1) is 20.5. The summed E-state index contributed by atoms with van der Waals surface area (Å²) in [4.78, 5) is 23.2. The van der Waals surface area contributed by atoms with Crippen LogP contribution in [-0.4, -0.2) is 24.6 Å². The van der Waals surface area contributed by atoms with Gasteiger partial charge < -0.3 is 10.6 Å². The molecule has 3 N–H and O–H groups in total. The number of amides is 2. The predicted molar refractivity (Wildman–Crippen MR) is 110 cm³/mol. The summed E-state index contributed by atoms with van der Waals surface area (Å²) >= 11 is 6.08. The van der Waals surface area contributed by atoms with E-state index in [4.69, 9.17) is 11.6 Å². The van der Waals surface area contributed by atoms with E-state index in [9.17, 15) is 9.59 Å². The molecule has 6 nitrogen and oxygen atoms in total. The highest BCUT2D eigenvalue weighted by atomic mass is 35.5. The van der Waals surface area contributed by atoms with E-state index >= 15 is 0 Å². The number of aryl methyl sites for hydroxylation is 2. The van der Waals surface area contributed by atoms with Gasteiger partial charge in [0.1, 0.15) is 0 Å². The Morgan fingerprint density at radius 2 is 1.85 bits per heavy atom. The van der Waals surface area contributed by atoms with Crippen LogP contribution in [0.1, 0.15) is 30.0 Å². The molecule has 0 radical (unpaired) electrons. The minimum Gasteiger partial charge on any atom is -0.355 e. The highest BCUT2D eigenvalue weighted by molar-refractivity contribution is 6.35. The number of nitrogens with zero attached hydrogens (tertiary/aromatic N) is 1. The maximum absolute atomic E-state index is 11.7. The SMILES string of the molecule is CCCNC(=O)C(=O)N/N=C\c1cc(Cl)ccc1Nc1cc(C)ccc1C. The lowest BCUT2D eigenvalue weighted by atomic mass is 10.1. The molecule has 2 aromatic rings. The first-order chi connectivity index (χ1) is 12.9. The molecule has 0 aliphatic rings. The van der Waals surface area contributed by atoms with E-state index in [0.29, 0.717) is 17.1 Å². The lowest BCUT2D eigenvalue weighted by Gasteiger charge is -2.13. The van der Waals surface area contributed by atoms with Crippen molar-refractivity contribution in [2.45, 2.75) is 27.2 Å². The number of halogens is 1. The Morgan fingerprint density at radius 1 is 1.07 bits per heavy atom. The second-order valence-corrected chi connectivity index (χ2v) is 6.57. The molecule has 0 aliphatic carbocycles. The average Bonchev–Trinajstić information content (AvgIpc) is 2.64. The van der Waals surface area contributed by atoms with Crippen molar-refractivity contribution in [3.05, 3.63) is 58.1 Å². The Morgan fingerprint density at radius 3 is 2.59 bits per heavy atom. The van der Waals surface area contributed by atoms with Crippen molar-refractivity contribution < 1.29 is 9.59 Å². The topological polar surface area (TPSA) is 82.6 Å². The van der Waals surface area contributed by atoms with Gasteiger partial charge in [-0.25, -0.2) is 5.43 Å². The first-order valence-electron chi connectivity index (χ1n) is 8.65. The number of nitrogens with one attached hydrogen (secondary N) is 3. The maximum atomic E-state index is 11.7. The molecule has 2 aromatic carbocycles. The second kappa shape index (κ2) is 9.73. The van der Waals surface area contributed by atoms with Gasteiger partial charge in [0, 0.05) is 28.5 Å². The third kappa shape index (κ3) is 6.11. The summed E-state index contributed by atoms with van der Waals surface area (Å²) in [6, 6.07) is 11.5. The van der Waals surface area contributed by atoms with Gasteiger partial charge in [0.2, 0.25) is 0 Å². The van der Waals surface area contributed by atoms with Crippen molar-refractivity contribution in [2.24, 2.45) is 5.10 Å². The number of rotatable bonds is 6. The van der Waals surface area contributed by atoms with Crippen LogP contribution in [0.2, 0.25) is 5.02 Å². The fraction of sp³-hybridized carbons (Fsp3) is 0.250. The van der Waals surface area contributed by atoms with E-state index in [2.05, 4.69) is 21.2 Å². The van der Waals surface area contributed by atoms with Gasteiger partial charge in [0.05, 0.1) is 6.21 Å². The molecule has 7 heteroatoms. The molecule has 0 bridgehead atoms. The molecule has 27 heavy (non-hydrogen) atoms. The van der Waals surface area contributed by atoms with Crippen molar-refractivity contribution in [3.8, 4) is 0 Å². The molecule has 2 rings (SSSR count). The lowest BCUT2D eigenvalue weighted by Crippen LogP contribution is -2.38. The zero-order valence-electron chi connectivity index (χ0n) is 15.6. The number of hydrazone groups is 1. The molecule has 0 aromatic heterocycles. The van der Waals surface area contributed by atoms with Crippen LogP contribution in [0.15, 0.2) is 41.5 Å². The maximum Gasteiger partial charge on any atom is 0.329 e. The first-order valence-corrected chi connectivity index (χ1v) is 9.03. The van der Waals surface area contributed by atoms with E-state index in [1.807, 2.05) is 45.0 Å². The van der Waals surface area contributed by atoms with Crippen molar-refractivity contribution in [2.75, 3.05) is 11.9 Å². The Bertz CT molecular complexity index is 865. The summed E-state index contributed by atoms with van der Waals surface area (Å²) in [7, 11) is 0. The highest BCUT2D eigenvalue weighted by Gasteiger charge is 2.11. The van der Waals surface area contributed by atoms with Crippen LogP contribution in [0.4, 0.5) is 11.4 Å².